The van der Waals surface area contributed by atoms with Gasteiger partial charge in [-0.15, -0.1) is 0 Å². The second-order valence-corrected chi connectivity index (χ2v) is 3.17. The fraction of sp³-hybridized carbons (Fsp3) is 0.750. The van der Waals surface area contributed by atoms with E-state index in [9.17, 15) is 9.59 Å². The van der Waals surface area contributed by atoms with Crippen molar-refractivity contribution >= 4 is 11.7 Å². The molecule has 0 spiro atoms. The Labute approximate surface area is 71.5 Å². The zero-order valence-corrected chi connectivity index (χ0v) is 7.53. The van der Waals surface area contributed by atoms with E-state index in [1.54, 1.807) is 21.0 Å². The van der Waals surface area contributed by atoms with Crippen LogP contribution < -0.4 is 0 Å². The zero-order chi connectivity index (χ0) is 9.30. The predicted molar refractivity (Wildman–Crippen MR) is 42.7 cm³/mol. The van der Waals surface area contributed by atoms with Crippen LogP contribution in [0.25, 0.3) is 0 Å². The molecule has 1 fully saturated rings. The average molecular weight is 171 g/mol. The van der Waals surface area contributed by atoms with Crippen LogP contribution in [0.5, 0.6) is 0 Å². The zero-order valence-electron chi connectivity index (χ0n) is 7.53. The van der Waals surface area contributed by atoms with Crippen LogP contribution in [0, 0.1) is 0 Å². The van der Waals surface area contributed by atoms with Crippen LogP contribution in [0.3, 0.4) is 0 Å². The number of rotatable bonds is 1. The van der Waals surface area contributed by atoms with Gasteiger partial charge in [0.2, 0.25) is 0 Å². The van der Waals surface area contributed by atoms with Gasteiger partial charge in [0.1, 0.15) is 12.2 Å². The lowest BCUT2D eigenvalue weighted by Crippen LogP contribution is -2.33. The smallest absolute Gasteiger partial charge is 0.251 e. The van der Waals surface area contributed by atoms with Crippen molar-refractivity contribution in [1.82, 2.24) is 4.90 Å². The minimum absolute atomic E-state index is 0.00944. The Hall–Kier alpha value is -0.900. The SMILES string of the molecule is C[C@H]1O[C@H](C(=O)N(C)C)CC1=O. The maximum Gasteiger partial charge on any atom is 0.251 e. The average Bonchev–Trinajstić information content (AvgIpc) is 2.30. The lowest BCUT2D eigenvalue weighted by molar-refractivity contribution is -0.140. The summed E-state index contributed by atoms with van der Waals surface area (Å²) in [6, 6.07) is 0. The minimum atomic E-state index is -0.553. The number of ether oxygens (including phenoxy) is 1. The summed E-state index contributed by atoms with van der Waals surface area (Å²) in [5.74, 6) is -0.122. The fourth-order valence-corrected chi connectivity index (χ4v) is 1.15. The van der Waals surface area contributed by atoms with E-state index in [4.69, 9.17) is 4.74 Å². The molecule has 0 N–H and O–H groups in total. The normalized spacial score (nSPS) is 29.1. The molecule has 2 atom stereocenters. The first-order valence-electron chi connectivity index (χ1n) is 3.91. The van der Waals surface area contributed by atoms with Crippen molar-refractivity contribution in [2.45, 2.75) is 25.6 Å². The molecule has 0 aromatic heterocycles. The van der Waals surface area contributed by atoms with Gasteiger partial charge in [-0.1, -0.05) is 0 Å². The topological polar surface area (TPSA) is 46.6 Å². The van der Waals surface area contributed by atoms with E-state index in [-0.39, 0.29) is 18.1 Å². The van der Waals surface area contributed by atoms with E-state index in [1.807, 2.05) is 0 Å². The van der Waals surface area contributed by atoms with Crippen LogP contribution in [-0.4, -0.2) is 42.9 Å². The van der Waals surface area contributed by atoms with E-state index >= 15 is 0 Å². The maximum absolute atomic E-state index is 11.3. The number of ketones is 1. The van der Waals surface area contributed by atoms with Crippen molar-refractivity contribution in [1.29, 1.82) is 0 Å². The molecule has 4 nitrogen and oxygen atoms in total. The molecule has 1 saturated heterocycles. The molecule has 0 unspecified atom stereocenters. The number of Topliss-reactive ketones (excluding diaryl/α,β-unsaturated/α-hetero) is 1. The molecule has 0 aromatic rings. The number of nitrogens with zero attached hydrogens (tertiary/aromatic N) is 1. The molecule has 12 heavy (non-hydrogen) atoms. The van der Waals surface area contributed by atoms with Gasteiger partial charge >= 0.3 is 0 Å². The number of amides is 1. The van der Waals surface area contributed by atoms with Crippen LogP contribution in [0.15, 0.2) is 0 Å². The molecule has 4 heteroatoms. The van der Waals surface area contributed by atoms with Gasteiger partial charge in [0, 0.05) is 20.5 Å². The van der Waals surface area contributed by atoms with Crippen LogP contribution in [-0.2, 0) is 14.3 Å². The van der Waals surface area contributed by atoms with Gasteiger partial charge in [0.15, 0.2) is 5.78 Å². The van der Waals surface area contributed by atoms with Gasteiger partial charge in [-0.2, -0.15) is 0 Å². The van der Waals surface area contributed by atoms with Crippen LogP contribution in [0.4, 0.5) is 0 Å². The highest BCUT2D eigenvalue weighted by Gasteiger charge is 2.35. The third-order valence-electron chi connectivity index (χ3n) is 1.92. The first kappa shape index (κ1) is 9.19. The van der Waals surface area contributed by atoms with Crippen molar-refractivity contribution in [3.63, 3.8) is 0 Å². The lowest BCUT2D eigenvalue weighted by atomic mass is 10.2. The van der Waals surface area contributed by atoms with Crippen molar-refractivity contribution in [2.24, 2.45) is 0 Å². The molecule has 0 radical (unpaired) electrons. The largest absolute Gasteiger partial charge is 0.357 e. The third kappa shape index (κ3) is 1.64. The first-order valence-corrected chi connectivity index (χ1v) is 3.91. The molecule has 0 aliphatic carbocycles. The molecule has 0 saturated carbocycles. The Kier molecular flexibility index (Phi) is 2.47. The summed E-state index contributed by atoms with van der Waals surface area (Å²) in [5, 5.41) is 0. The van der Waals surface area contributed by atoms with Crippen molar-refractivity contribution in [3.05, 3.63) is 0 Å². The summed E-state index contributed by atoms with van der Waals surface area (Å²) < 4.78 is 5.16. The summed E-state index contributed by atoms with van der Waals surface area (Å²) in [7, 11) is 3.30. The molecule has 0 aromatic carbocycles. The van der Waals surface area contributed by atoms with Gasteiger partial charge in [-0.25, -0.2) is 0 Å². The molecule has 0 bridgehead atoms. The molecule has 1 amide bonds. The lowest BCUT2D eigenvalue weighted by Gasteiger charge is -2.14. The molecule has 1 rings (SSSR count). The first-order chi connectivity index (χ1) is 5.52. The van der Waals surface area contributed by atoms with Crippen LogP contribution in [0.2, 0.25) is 0 Å². The molecule has 68 valence electrons. The van der Waals surface area contributed by atoms with E-state index in [0.717, 1.165) is 0 Å². The Bertz CT molecular complexity index is 212. The molecule has 1 aliphatic heterocycles. The molecule has 1 aliphatic rings. The Balaban J connectivity index is 2.57. The highest BCUT2D eigenvalue weighted by molar-refractivity contribution is 5.93. The Morgan fingerprint density at radius 2 is 2.17 bits per heavy atom. The van der Waals surface area contributed by atoms with Gasteiger partial charge in [0.25, 0.3) is 5.91 Å². The van der Waals surface area contributed by atoms with Crippen LogP contribution in [0.1, 0.15) is 13.3 Å². The van der Waals surface area contributed by atoms with Crippen molar-refractivity contribution < 1.29 is 14.3 Å². The van der Waals surface area contributed by atoms with Crippen LogP contribution >= 0.6 is 0 Å². The quantitative estimate of drug-likeness (QED) is 0.550. The summed E-state index contributed by atoms with van der Waals surface area (Å²) in [6.07, 6.45) is -0.751. The number of hydrogen-bond acceptors (Lipinski definition) is 3. The second kappa shape index (κ2) is 3.23. The van der Waals surface area contributed by atoms with E-state index in [2.05, 4.69) is 0 Å². The number of carbonyl (C=O) groups excluding carboxylic acids is 2. The van der Waals surface area contributed by atoms with E-state index < -0.39 is 12.2 Å². The van der Waals surface area contributed by atoms with Crippen molar-refractivity contribution in [2.75, 3.05) is 14.1 Å². The van der Waals surface area contributed by atoms with Gasteiger partial charge in [-0.3, -0.25) is 9.59 Å². The minimum Gasteiger partial charge on any atom is -0.357 e. The van der Waals surface area contributed by atoms with E-state index in [0.29, 0.717) is 0 Å². The summed E-state index contributed by atoms with van der Waals surface area (Å²) in [6.45, 7) is 1.67. The fourth-order valence-electron chi connectivity index (χ4n) is 1.15. The van der Waals surface area contributed by atoms with Gasteiger partial charge < -0.3 is 9.64 Å². The monoisotopic (exact) mass is 171 g/mol. The second-order valence-electron chi connectivity index (χ2n) is 3.17. The summed E-state index contributed by atoms with van der Waals surface area (Å²) >= 11 is 0. The Morgan fingerprint density at radius 3 is 2.50 bits per heavy atom. The number of hydrogen-bond donors (Lipinski definition) is 0. The third-order valence-corrected chi connectivity index (χ3v) is 1.92. The van der Waals surface area contributed by atoms with E-state index in [1.165, 1.54) is 4.90 Å². The summed E-state index contributed by atoms with van der Waals surface area (Å²) in [5.41, 5.74) is 0. The summed E-state index contributed by atoms with van der Waals surface area (Å²) in [4.78, 5) is 23.7. The molecular formula is C8H13NO3. The Morgan fingerprint density at radius 1 is 1.58 bits per heavy atom. The predicted octanol–water partition coefficient (Wildman–Crippen LogP) is -0.179. The maximum atomic E-state index is 11.3. The molecule has 1 heterocycles. The number of carbonyl (C=O) groups is 2. The highest BCUT2D eigenvalue weighted by Crippen LogP contribution is 2.16. The standard InChI is InChI=1S/C8H13NO3/c1-5-6(10)4-7(12-5)8(11)9(2)3/h5,7H,4H2,1-3H3/t5-,7+/m1/s1. The number of likely N-dealkylation sites (N-methyl/N-ethyl adjacent to an activating group) is 1. The van der Waals surface area contributed by atoms with Gasteiger partial charge in [0.05, 0.1) is 0 Å². The van der Waals surface area contributed by atoms with Gasteiger partial charge in [-0.05, 0) is 6.92 Å². The van der Waals surface area contributed by atoms with Crippen molar-refractivity contribution in [3.8, 4) is 0 Å². The highest BCUT2D eigenvalue weighted by atomic mass is 16.5. The molecular weight excluding hydrogens is 158 g/mol.